The van der Waals surface area contributed by atoms with E-state index >= 15 is 0 Å². The maximum atomic E-state index is 11.6. The first-order chi connectivity index (χ1) is 7.90. The zero-order valence-corrected chi connectivity index (χ0v) is 10.3. The molecule has 0 unspecified atom stereocenters. The fourth-order valence-corrected chi connectivity index (χ4v) is 1.42. The number of aliphatic carboxylic acids is 1. The van der Waals surface area contributed by atoms with Crippen LogP contribution in [0.4, 0.5) is 0 Å². The van der Waals surface area contributed by atoms with Gasteiger partial charge in [0.2, 0.25) is 0 Å². The molecule has 6 heteroatoms. The highest BCUT2D eigenvalue weighted by atomic mass is 35.5. The van der Waals surface area contributed by atoms with Crippen molar-refractivity contribution in [1.82, 2.24) is 10.3 Å². The van der Waals surface area contributed by atoms with Crippen LogP contribution in [0.25, 0.3) is 0 Å². The Morgan fingerprint density at radius 1 is 1.47 bits per heavy atom. The Kier molecular flexibility index (Phi) is 4.45. The van der Waals surface area contributed by atoms with Crippen LogP contribution in [0, 0.1) is 0 Å². The summed E-state index contributed by atoms with van der Waals surface area (Å²) in [6.45, 7) is 3.44. The summed E-state index contributed by atoms with van der Waals surface area (Å²) in [5, 5.41) is 10.9. The summed E-state index contributed by atoms with van der Waals surface area (Å²) in [5.74, 6) is -1.43. The quantitative estimate of drug-likeness (QED) is 0.803. The SMILES string of the molecule is CC(C)c1cc(C(=O)NCC(=O)O)cc(Cl)n1. The number of carboxylic acid groups (broad SMARTS) is 1. The van der Waals surface area contributed by atoms with Crippen molar-refractivity contribution in [2.24, 2.45) is 0 Å². The lowest BCUT2D eigenvalue weighted by molar-refractivity contribution is -0.135. The summed E-state index contributed by atoms with van der Waals surface area (Å²) in [7, 11) is 0. The van der Waals surface area contributed by atoms with Gasteiger partial charge in [0.25, 0.3) is 5.91 Å². The summed E-state index contributed by atoms with van der Waals surface area (Å²) >= 11 is 5.79. The van der Waals surface area contributed by atoms with Crippen molar-refractivity contribution in [2.45, 2.75) is 19.8 Å². The third kappa shape index (κ3) is 4.03. The first-order valence-electron chi connectivity index (χ1n) is 5.07. The van der Waals surface area contributed by atoms with Gasteiger partial charge in [-0.3, -0.25) is 9.59 Å². The van der Waals surface area contributed by atoms with Crippen molar-refractivity contribution in [3.63, 3.8) is 0 Å². The number of rotatable bonds is 4. The second kappa shape index (κ2) is 5.63. The Hall–Kier alpha value is -1.62. The van der Waals surface area contributed by atoms with Gasteiger partial charge in [-0.15, -0.1) is 0 Å². The van der Waals surface area contributed by atoms with E-state index in [0.29, 0.717) is 11.3 Å². The first-order valence-corrected chi connectivity index (χ1v) is 5.45. The molecule has 0 spiro atoms. The molecule has 0 fully saturated rings. The fraction of sp³-hybridized carbons (Fsp3) is 0.364. The van der Waals surface area contributed by atoms with Crippen molar-refractivity contribution < 1.29 is 14.7 Å². The lowest BCUT2D eigenvalue weighted by Gasteiger charge is -2.08. The van der Waals surface area contributed by atoms with E-state index in [1.165, 1.54) is 6.07 Å². The van der Waals surface area contributed by atoms with Crippen molar-refractivity contribution in [3.8, 4) is 0 Å². The molecule has 1 heterocycles. The standard InChI is InChI=1S/C11H13ClN2O3/c1-6(2)8-3-7(4-9(12)14-8)11(17)13-5-10(15)16/h3-4,6H,5H2,1-2H3,(H,13,17)(H,15,16). The van der Waals surface area contributed by atoms with E-state index < -0.39 is 18.4 Å². The molecule has 0 aliphatic heterocycles. The van der Waals surface area contributed by atoms with Crippen molar-refractivity contribution in [1.29, 1.82) is 0 Å². The van der Waals surface area contributed by atoms with Crippen LogP contribution in [-0.2, 0) is 4.79 Å². The second-order valence-electron chi connectivity index (χ2n) is 3.83. The van der Waals surface area contributed by atoms with Crippen LogP contribution in [0.15, 0.2) is 12.1 Å². The molecule has 5 nitrogen and oxygen atoms in total. The van der Waals surface area contributed by atoms with E-state index in [1.807, 2.05) is 13.8 Å². The maximum Gasteiger partial charge on any atom is 0.322 e. The molecule has 2 N–H and O–H groups in total. The molecule has 0 aliphatic carbocycles. The van der Waals surface area contributed by atoms with Gasteiger partial charge in [0.15, 0.2) is 0 Å². The summed E-state index contributed by atoms with van der Waals surface area (Å²) in [5.41, 5.74) is 1.01. The van der Waals surface area contributed by atoms with Crippen LogP contribution in [0.5, 0.6) is 0 Å². The number of carbonyl (C=O) groups is 2. The summed E-state index contributed by atoms with van der Waals surface area (Å²) in [6.07, 6.45) is 0. The van der Waals surface area contributed by atoms with Gasteiger partial charge in [-0.25, -0.2) is 4.98 Å². The number of aromatic nitrogens is 1. The highest BCUT2D eigenvalue weighted by molar-refractivity contribution is 6.29. The van der Waals surface area contributed by atoms with Gasteiger partial charge in [0, 0.05) is 11.3 Å². The van der Waals surface area contributed by atoms with E-state index in [9.17, 15) is 9.59 Å². The summed E-state index contributed by atoms with van der Waals surface area (Å²) in [4.78, 5) is 26.0. The Labute approximate surface area is 104 Å². The topological polar surface area (TPSA) is 79.3 Å². The lowest BCUT2D eigenvalue weighted by Crippen LogP contribution is -2.29. The Balaban J connectivity index is 2.90. The number of halogens is 1. The Bertz CT molecular complexity index is 446. The van der Waals surface area contributed by atoms with Gasteiger partial charge in [0.05, 0.1) is 0 Å². The predicted octanol–water partition coefficient (Wildman–Crippen LogP) is 1.67. The van der Waals surface area contributed by atoms with Crippen molar-refractivity contribution in [3.05, 3.63) is 28.5 Å². The van der Waals surface area contributed by atoms with E-state index in [0.717, 1.165) is 0 Å². The number of carboxylic acids is 1. The van der Waals surface area contributed by atoms with E-state index in [4.69, 9.17) is 16.7 Å². The monoisotopic (exact) mass is 256 g/mol. The van der Waals surface area contributed by atoms with Gasteiger partial charge in [-0.1, -0.05) is 25.4 Å². The molecule has 0 saturated heterocycles. The third-order valence-electron chi connectivity index (χ3n) is 2.07. The molecular weight excluding hydrogens is 244 g/mol. The molecule has 0 atom stereocenters. The zero-order chi connectivity index (χ0) is 13.0. The minimum atomic E-state index is -1.09. The van der Waals surface area contributed by atoms with Crippen molar-refractivity contribution in [2.75, 3.05) is 6.54 Å². The molecule has 1 rings (SSSR count). The Morgan fingerprint density at radius 3 is 2.65 bits per heavy atom. The lowest BCUT2D eigenvalue weighted by atomic mass is 10.1. The Morgan fingerprint density at radius 2 is 2.12 bits per heavy atom. The first kappa shape index (κ1) is 13.4. The molecule has 92 valence electrons. The predicted molar refractivity (Wildman–Crippen MR) is 63.3 cm³/mol. The molecule has 0 aromatic carbocycles. The number of hydrogen-bond acceptors (Lipinski definition) is 3. The van der Waals surface area contributed by atoms with Crippen LogP contribution in [0.2, 0.25) is 5.15 Å². The van der Waals surface area contributed by atoms with Crippen LogP contribution in [-0.4, -0.2) is 28.5 Å². The molecule has 17 heavy (non-hydrogen) atoms. The average molecular weight is 257 g/mol. The maximum absolute atomic E-state index is 11.6. The van der Waals surface area contributed by atoms with E-state index in [2.05, 4.69) is 10.3 Å². The molecular formula is C11H13ClN2O3. The van der Waals surface area contributed by atoms with Crippen LogP contribution in [0.1, 0.15) is 35.8 Å². The molecule has 1 aromatic heterocycles. The van der Waals surface area contributed by atoms with Gasteiger partial charge < -0.3 is 10.4 Å². The van der Waals surface area contributed by atoms with Crippen LogP contribution in [0.3, 0.4) is 0 Å². The zero-order valence-electron chi connectivity index (χ0n) is 9.53. The molecule has 0 saturated carbocycles. The van der Waals surface area contributed by atoms with E-state index in [-0.39, 0.29) is 11.1 Å². The summed E-state index contributed by atoms with van der Waals surface area (Å²) in [6, 6.07) is 3.01. The highest BCUT2D eigenvalue weighted by Crippen LogP contribution is 2.17. The smallest absolute Gasteiger partial charge is 0.322 e. The highest BCUT2D eigenvalue weighted by Gasteiger charge is 2.11. The summed E-state index contributed by atoms with van der Waals surface area (Å²) < 4.78 is 0. The average Bonchev–Trinajstić information content (AvgIpc) is 2.24. The number of nitrogens with one attached hydrogen (secondary N) is 1. The van der Waals surface area contributed by atoms with Gasteiger partial charge in [-0.2, -0.15) is 0 Å². The number of hydrogen-bond donors (Lipinski definition) is 2. The van der Waals surface area contributed by atoms with Gasteiger partial charge in [-0.05, 0) is 18.1 Å². The largest absolute Gasteiger partial charge is 0.480 e. The fourth-order valence-electron chi connectivity index (χ4n) is 1.20. The molecule has 0 radical (unpaired) electrons. The molecule has 0 aliphatic rings. The van der Waals surface area contributed by atoms with Gasteiger partial charge in [0.1, 0.15) is 11.7 Å². The van der Waals surface area contributed by atoms with Crippen LogP contribution < -0.4 is 5.32 Å². The number of amides is 1. The number of carbonyl (C=O) groups excluding carboxylic acids is 1. The second-order valence-corrected chi connectivity index (χ2v) is 4.22. The number of nitrogens with zero attached hydrogens (tertiary/aromatic N) is 1. The van der Waals surface area contributed by atoms with E-state index in [1.54, 1.807) is 6.07 Å². The normalized spacial score (nSPS) is 10.4. The third-order valence-corrected chi connectivity index (χ3v) is 2.26. The van der Waals surface area contributed by atoms with Crippen molar-refractivity contribution >= 4 is 23.5 Å². The van der Waals surface area contributed by atoms with Gasteiger partial charge >= 0.3 is 5.97 Å². The molecule has 1 amide bonds. The molecule has 0 bridgehead atoms. The minimum Gasteiger partial charge on any atom is -0.480 e. The molecule has 1 aromatic rings. The van der Waals surface area contributed by atoms with Crippen LogP contribution >= 0.6 is 11.6 Å². The minimum absolute atomic E-state index is 0.139. The number of pyridine rings is 1.